The van der Waals surface area contributed by atoms with Crippen LogP contribution in [0.1, 0.15) is 36.6 Å². The number of aryl methyl sites for hydroxylation is 1. The van der Waals surface area contributed by atoms with Gasteiger partial charge >= 0.3 is 0 Å². The van der Waals surface area contributed by atoms with Crippen LogP contribution in [0.5, 0.6) is 0 Å². The highest BCUT2D eigenvalue weighted by molar-refractivity contribution is 9.10. The number of halogens is 1. The van der Waals surface area contributed by atoms with Gasteiger partial charge in [-0.15, -0.1) is 0 Å². The van der Waals surface area contributed by atoms with E-state index in [1.54, 1.807) is 0 Å². The molecule has 0 aromatic carbocycles. The lowest BCUT2D eigenvalue weighted by Crippen LogP contribution is -2.28. The van der Waals surface area contributed by atoms with Gasteiger partial charge < -0.3 is 5.32 Å². The Hall–Kier alpha value is -0.410. The van der Waals surface area contributed by atoms with Crippen molar-refractivity contribution in [2.75, 3.05) is 6.54 Å². The van der Waals surface area contributed by atoms with Gasteiger partial charge in [-0.25, -0.2) is 0 Å². The van der Waals surface area contributed by atoms with Crippen LogP contribution >= 0.6 is 15.9 Å². The zero-order valence-corrected chi connectivity index (χ0v) is 9.97. The van der Waals surface area contributed by atoms with E-state index >= 15 is 0 Å². The highest BCUT2D eigenvalue weighted by atomic mass is 79.9. The number of pyridine rings is 1. The molecule has 14 heavy (non-hydrogen) atoms. The summed E-state index contributed by atoms with van der Waals surface area (Å²) in [7, 11) is 0. The van der Waals surface area contributed by atoms with Crippen LogP contribution < -0.4 is 5.32 Å². The first-order chi connectivity index (χ1) is 6.77. The molecule has 0 radical (unpaired) electrons. The fourth-order valence-corrected chi connectivity index (χ4v) is 2.45. The smallest absolute Gasteiger partial charge is 0.0603 e. The molecule has 3 heteroatoms. The van der Waals surface area contributed by atoms with Gasteiger partial charge in [0, 0.05) is 16.7 Å². The van der Waals surface area contributed by atoms with E-state index in [0.29, 0.717) is 6.04 Å². The summed E-state index contributed by atoms with van der Waals surface area (Å²) in [6.45, 7) is 3.26. The first kappa shape index (κ1) is 10.1. The Morgan fingerprint density at radius 2 is 2.36 bits per heavy atom. The summed E-state index contributed by atoms with van der Waals surface area (Å²) < 4.78 is 1.06. The highest BCUT2D eigenvalue weighted by Gasteiger charge is 2.17. The predicted octanol–water partition coefficient (Wildman–Crippen LogP) is 2.97. The molecule has 0 bridgehead atoms. The molecule has 76 valence electrons. The van der Waals surface area contributed by atoms with E-state index in [2.05, 4.69) is 39.2 Å². The van der Waals surface area contributed by atoms with E-state index in [4.69, 9.17) is 0 Å². The maximum Gasteiger partial charge on any atom is 0.0603 e. The molecular weight excluding hydrogens is 240 g/mol. The Kier molecular flexibility index (Phi) is 3.19. The van der Waals surface area contributed by atoms with E-state index in [1.807, 2.05) is 6.20 Å². The molecule has 1 N–H and O–H groups in total. The molecule has 0 saturated carbocycles. The van der Waals surface area contributed by atoms with Gasteiger partial charge in [0.25, 0.3) is 0 Å². The summed E-state index contributed by atoms with van der Waals surface area (Å²) in [4.78, 5) is 4.49. The van der Waals surface area contributed by atoms with Gasteiger partial charge in [-0.2, -0.15) is 0 Å². The van der Waals surface area contributed by atoms with Gasteiger partial charge in [0.05, 0.1) is 5.69 Å². The summed E-state index contributed by atoms with van der Waals surface area (Å²) in [6, 6.07) is 2.61. The van der Waals surface area contributed by atoms with Crippen molar-refractivity contribution < 1.29 is 0 Å². The van der Waals surface area contributed by atoms with Crippen molar-refractivity contribution in [1.29, 1.82) is 0 Å². The molecule has 0 spiro atoms. The molecule has 1 aliphatic rings. The predicted molar refractivity (Wildman–Crippen MR) is 61.3 cm³/mol. The average Bonchev–Trinajstić information content (AvgIpc) is 2.19. The average molecular weight is 255 g/mol. The minimum absolute atomic E-state index is 0.469. The van der Waals surface area contributed by atoms with Gasteiger partial charge in [-0.3, -0.25) is 4.98 Å². The van der Waals surface area contributed by atoms with Crippen LogP contribution in [0.4, 0.5) is 0 Å². The lowest BCUT2D eigenvalue weighted by Gasteiger charge is -2.24. The van der Waals surface area contributed by atoms with Crippen molar-refractivity contribution >= 4 is 15.9 Å². The van der Waals surface area contributed by atoms with Crippen LogP contribution in [0.25, 0.3) is 0 Å². The van der Waals surface area contributed by atoms with E-state index in [9.17, 15) is 0 Å². The van der Waals surface area contributed by atoms with E-state index in [-0.39, 0.29) is 0 Å². The van der Waals surface area contributed by atoms with Crippen LogP contribution in [0, 0.1) is 6.92 Å². The van der Waals surface area contributed by atoms with Crippen LogP contribution in [0.3, 0.4) is 0 Å². The molecule has 0 unspecified atom stereocenters. The van der Waals surface area contributed by atoms with Crippen LogP contribution in [0.2, 0.25) is 0 Å². The summed E-state index contributed by atoms with van der Waals surface area (Å²) in [6.07, 6.45) is 5.72. The number of nitrogens with zero attached hydrogens (tertiary/aromatic N) is 1. The fraction of sp³-hybridized carbons (Fsp3) is 0.545. The number of hydrogen-bond acceptors (Lipinski definition) is 2. The normalized spacial score (nSPS) is 22.3. The molecule has 2 rings (SSSR count). The first-order valence-corrected chi connectivity index (χ1v) is 5.92. The third-order valence-electron chi connectivity index (χ3n) is 2.73. The Morgan fingerprint density at radius 1 is 1.50 bits per heavy atom. The van der Waals surface area contributed by atoms with Crippen molar-refractivity contribution in [3.05, 3.63) is 28.0 Å². The van der Waals surface area contributed by atoms with Crippen LogP contribution in [0.15, 0.2) is 16.7 Å². The number of rotatable bonds is 1. The zero-order chi connectivity index (χ0) is 9.97. The number of piperidine rings is 1. The molecule has 2 heterocycles. The minimum atomic E-state index is 0.469. The summed E-state index contributed by atoms with van der Waals surface area (Å²) in [5.74, 6) is 0. The lowest BCUT2D eigenvalue weighted by molar-refractivity contribution is 0.404. The quantitative estimate of drug-likeness (QED) is 0.834. The van der Waals surface area contributed by atoms with Gasteiger partial charge in [-0.1, -0.05) is 6.42 Å². The Morgan fingerprint density at radius 3 is 3.00 bits per heavy atom. The molecule has 1 fully saturated rings. The van der Waals surface area contributed by atoms with Crippen LogP contribution in [-0.4, -0.2) is 11.5 Å². The van der Waals surface area contributed by atoms with E-state index < -0.39 is 0 Å². The molecule has 1 aromatic heterocycles. The molecule has 1 saturated heterocycles. The molecule has 1 aromatic rings. The Bertz CT molecular complexity index is 319. The maximum absolute atomic E-state index is 4.49. The zero-order valence-electron chi connectivity index (χ0n) is 8.39. The lowest BCUT2D eigenvalue weighted by atomic mass is 9.99. The van der Waals surface area contributed by atoms with Crippen LogP contribution in [-0.2, 0) is 0 Å². The van der Waals surface area contributed by atoms with Crippen molar-refractivity contribution in [2.24, 2.45) is 0 Å². The monoisotopic (exact) mass is 254 g/mol. The standard InChI is InChI=1S/C11H15BrN2/c1-8-6-9(12)7-14-11(8)10-4-2-3-5-13-10/h6-7,10,13H,2-5H2,1H3/t10-/m1/s1. The van der Waals surface area contributed by atoms with Gasteiger partial charge in [0.2, 0.25) is 0 Å². The summed E-state index contributed by atoms with van der Waals surface area (Å²) in [5, 5.41) is 3.52. The molecule has 0 aliphatic carbocycles. The second kappa shape index (κ2) is 4.41. The van der Waals surface area contributed by atoms with Gasteiger partial charge in [0.1, 0.15) is 0 Å². The van der Waals surface area contributed by atoms with Gasteiger partial charge in [0.15, 0.2) is 0 Å². The highest BCUT2D eigenvalue weighted by Crippen LogP contribution is 2.25. The van der Waals surface area contributed by atoms with Gasteiger partial charge in [-0.05, 0) is 53.9 Å². The van der Waals surface area contributed by atoms with Crippen molar-refractivity contribution in [1.82, 2.24) is 10.3 Å². The number of aromatic nitrogens is 1. The minimum Gasteiger partial charge on any atom is -0.309 e. The molecule has 2 nitrogen and oxygen atoms in total. The van der Waals surface area contributed by atoms with Crippen molar-refractivity contribution in [2.45, 2.75) is 32.2 Å². The van der Waals surface area contributed by atoms with Crippen molar-refractivity contribution in [3.8, 4) is 0 Å². The Labute approximate surface area is 93.3 Å². The fourth-order valence-electron chi connectivity index (χ4n) is 2.00. The Balaban J connectivity index is 2.22. The number of nitrogens with one attached hydrogen (secondary N) is 1. The summed E-state index contributed by atoms with van der Waals surface area (Å²) >= 11 is 3.44. The van der Waals surface area contributed by atoms with E-state index in [1.165, 1.54) is 30.5 Å². The van der Waals surface area contributed by atoms with E-state index in [0.717, 1.165) is 11.0 Å². The second-order valence-corrected chi connectivity index (χ2v) is 4.77. The third kappa shape index (κ3) is 2.15. The summed E-state index contributed by atoms with van der Waals surface area (Å²) in [5.41, 5.74) is 2.49. The maximum atomic E-state index is 4.49. The molecule has 1 aliphatic heterocycles. The first-order valence-electron chi connectivity index (χ1n) is 5.13. The molecular formula is C11H15BrN2. The number of hydrogen-bond donors (Lipinski definition) is 1. The molecule has 0 amide bonds. The third-order valence-corrected chi connectivity index (χ3v) is 3.16. The second-order valence-electron chi connectivity index (χ2n) is 3.86. The molecule has 1 atom stereocenters. The van der Waals surface area contributed by atoms with Crippen molar-refractivity contribution in [3.63, 3.8) is 0 Å². The topological polar surface area (TPSA) is 24.9 Å². The largest absolute Gasteiger partial charge is 0.309 e. The SMILES string of the molecule is Cc1cc(Br)cnc1[C@H]1CCCCN1.